The largest absolute Gasteiger partial charge is 0.456 e. The maximum absolute atomic E-state index is 11.7. The summed E-state index contributed by atoms with van der Waals surface area (Å²) in [5, 5.41) is 6.79. The van der Waals surface area contributed by atoms with E-state index >= 15 is 0 Å². The summed E-state index contributed by atoms with van der Waals surface area (Å²) in [7, 11) is 0. The van der Waals surface area contributed by atoms with Crippen molar-refractivity contribution < 1.29 is 9.53 Å². The number of aromatic nitrogens is 2. The summed E-state index contributed by atoms with van der Waals surface area (Å²) in [4.78, 5) is 11.7. The molecular formula is C16H13N3O2. The van der Waals surface area contributed by atoms with Crippen LogP contribution in [0.4, 0.5) is 0 Å². The normalized spacial score (nSPS) is 10.3. The predicted octanol–water partition coefficient (Wildman–Crippen LogP) is 2.97. The molecule has 0 atom stereocenters. The molecular weight excluding hydrogens is 266 g/mol. The molecule has 0 saturated carbocycles. The fraction of sp³-hybridized carbons (Fsp3) is 0. The smallest absolute Gasteiger partial charge is 0.252 e. The van der Waals surface area contributed by atoms with Gasteiger partial charge in [0, 0.05) is 11.8 Å². The van der Waals surface area contributed by atoms with Crippen molar-refractivity contribution in [2.24, 2.45) is 5.73 Å². The van der Waals surface area contributed by atoms with E-state index in [1.807, 2.05) is 36.4 Å². The number of ether oxygens (including phenoxy) is 1. The Bertz CT molecular complexity index is 752. The van der Waals surface area contributed by atoms with Crippen LogP contribution in [0.3, 0.4) is 0 Å². The molecule has 0 saturated heterocycles. The van der Waals surface area contributed by atoms with E-state index in [-0.39, 0.29) is 0 Å². The van der Waals surface area contributed by atoms with E-state index in [1.54, 1.807) is 24.4 Å². The molecule has 0 aliphatic heterocycles. The molecule has 2 aromatic carbocycles. The number of hydrogen-bond acceptors (Lipinski definition) is 3. The molecule has 3 rings (SSSR count). The molecule has 5 heteroatoms. The van der Waals surface area contributed by atoms with E-state index in [0.29, 0.717) is 17.1 Å². The van der Waals surface area contributed by atoms with Gasteiger partial charge in [0.1, 0.15) is 11.5 Å². The molecule has 1 heterocycles. The second kappa shape index (κ2) is 5.50. The Kier molecular flexibility index (Phi) is 3.39. The predicted molar refractivity (Wildman–Crippen MR) is 79.1 cm³/mol. The lowest BCUT2D eigenvalue weighted by molar-refractivity contribution is 0.0998. The second-order valence-electron chi connectivity index (χ2n) is 4.43. The number of nitrogens with two attached hydrogens (primary N) is 1. The first kappa shape index (κ1) is 12.9. The minimum absolute atomic E-state index is 0.325. The van der Waals surface area contributed by atoms with Gasteiger partial charge >= 0.3 is 0 Å². The zero-order valence-electron chi connectivity index (χ0n) is 11.1. The third kappa shape index (κ3) is 2.62. The highest BCUT2D eigenvalue weighted by molar-refractivity contribution is 5.98. The van der Waals surface area contributed by atoms with Crippen molar-refractivity contribution in [1.82, 2.24) is 10.2 Å². The van der Waals surface area contributed by atoms with Crippen LogP contribution in [0, 0.1) is 0 Å². The minimum atomic E-state index is -0.540. The number of H-pyrrole nitrogens is 1. The van der Waals surface area contributed by atoms with Gasteiger partial charge in [-0.05, 0) is 30.3 Å². The first-order valence-electron chi connectivity index (χ1n) is 6.41. The van der Waals surface area contributed by atoms with Crippen molar-refractivity contribution in [2.75, 3.05) is 0 Å². The standard InChI is InChI=1S/C16H13N3O2/c17-16(20)13-8-4-7-12(14-9-10-18-19-14)15(13)21-11-5-2-1-3-6-11/h1-10H,(H2,17,20)(H,18,19). The third-order valence-corrected chi connectivity index (χ3v) is 3.03. The molecule has 0 aliphatic rings. The fourth-order valence-electron chi connectivity index (χ4n) is 2.07. The van der Waals surface area contributed by atoms with Crippen LogP contribution in [0.5, 0.6) is 11.5 Å². The Morgan fingerprint density at radius 3 is 2.52 bits per heavy atom. The van der Waals surface area contributed by atoms with E-state index in [4.69, 9.17) is 10.5 Å². The molecule has 1 amide bonds. The summed E-state index contributed by atoms with van der Waals surface area (Å²) >= 11 is 0. The van der Waals surface area contributed by atoms with Crippen LogP contribution in [-0.2, 0) is 0 Å². The molecule has 3 aromatic rings. The molecule has 1 aromatic heterocycles. The molecule has 0 radical (unpaired) electrons. The Morgan fingerprint density at radius 1 is 1.05 bits per heavy atom. The van der Waals surface area contributed by atoms with Gasteiger partial charge in [0.25, 0.3) is 5.91 Å². The van der Waals surface area contributed by atoms with Crippen LogP contribution in [0.2, 0.25) is 0 Å². The Labute approximate surface area is 121 Å². The maximum atomic E-state index is 11.7. The Hall–Kier alpha value is -3.08. The topological polar surface area (TPSA) is 81.0 Å². The van der Waals surface area contributed by atoms with Gasteiger partial charge in [-0.15, -0.1) is 0 Å². The first-order valence-corrected chi connectivity index (χ1v) is 6.41. The molecule has 0 bridgehead atoms. The highest BCUT2D eigenvalue weighted by Crippen LogP contribution is 2.35. The molecule has 104 valence electrons. The maximum Gasteiger partial charge on any atom is 0.252 e. The van der Waals surface area contributed by atoms with E-state index in [9.17, 15) is 4.79 Å². The average molecular weight is 279 g/mol. The van der Waals surface area contributed by atoms with Crippen molar-refractivity contribution in [3.05, 3.63) is 66.4 Å². The number of nitrogens with zero attached hydrogens (tertiary/aromatic N) is 1. The zero-order chi connectivity index (χ0) is 14.7. The summed E-state index contributed by atoms with van der Waals surface area (Å²) in [6.07, 6.45) is 1.64. The summed E-state index contributed by atoms with van der Waals surface area (Å²) in [6, 6.07) is 16.3. The molecule has 0 fully saturated rings. The van der Waals surface area contributed by atoms with Gasteiger partial charge < -0.3 is 10.5 Å². The van der Waals surface area contributed by atoms with Gasteiger partial charge in [-0.1, -0.05) is 24.3 Å². The van der Waals surface area contributed by atoms with E-state index < -0.39 is 5.91 Å². The van der Waals surface area contributed by atoms with Crippen molar-refractivity contribution in [2.45, 2.75) is 0 Å². The van der Waals surface area contributed by atoms with Gasteiger partial charge in [-0.3, -0.25) is 9.89 Å². The van der Waals surface area contributed by atoms with Crippen LogP contribution in [0.15, 0.2) is 60.8 Å². The summed E-state index contributed by atoms with van der Waals surface area (Å²) < 4.78 is 5.88. The van der Waals surface area contributed by atoms with Crippen LogP contribution >= 0.6 is 0 Å². The fourth-order valence-corrected chi connectivity index (χ4v) is 2.07. The highest BCUT2D eigenvalue weighted by atomic mass is 16.5. The zero-order valence-corrected chi connectivity index (χ0v) is 11.1. The molecule has 3 N–H and O–H groups in total. The number of rotatable bonds is 4. The lowest BCUT2D eigenvalue weighted by Gasteiger charge is -2.13. The van der Waals surface area contributed by atoms with Crippen molar-refractivity contribution in [3.63, 3.8) is 0 Å². The first-order chi connectivity index (χ1) is 10.3. The number of aromatic amines is 1. The number of amides is 1. The number of benzene rings is 2. The lowest BCUT2D eigenvalue weighted by atomic mass is 10.1. The number of nitrogens with one attached hydrogen (secondary N) is 1. The van der Waals surface area contributed by atoms with Gasteiger partial charge in [0.05, 0.1) is 11.3 Å². The van der Waals surface area contributed by atoms with Crippen LogP contribution < -0.4 is 10.5 Å². The minimum Gasteiger partial charge on any atom is -0.456 e. The molecule has 21 heavy (non-hydrogen) atoms. The number of primary amides is 1. The van der Waals surface area contributed by atoms with E-state index in [2.05, 4.69) is 10.2 Å². The third-order valence-electron chi connectivity index (χ3n) is 3.03. The Morgan fingerprint density at radius 2 is 1.86 bits per heavy atom. The monoisotopic (exact) mass is 279 g/mol. The summed E-state index contributed by atoms with van der Waals surface area (Å²) in [6.45, 7) is 0. The van der Waals surface area contributed by atoms with E-state index in [0.717, 1.165) is 11.3 Å². The number of para-hydroxylation sites is 2. The number of carbonyl (C=O) groups excluding carboxylic acids is 1. The quantitative estimate of drug-likeness (QED) is 0.770. The lowest BCUT2D eigenvalue weighted by Crippen LogP contribution is -2.12. The van der Waals surface area contributed by atoms with Crippen LogP contribution in [-0.4, -0.2) is 16.1 Å². The summed E-state index contributed by atoms with van der Waals surface area (Å²) in [5.74, 6) is 0.509. The SMILES string of the molecule is NC(=O)c1cccc(-c2ccn[nH]2)c1Oc1ccccc1. The highest BCUT2D eigenvalue weighted by Gasteiger charge is 2.16. The number of carbonyl (C=O) groups is 1. The van der Waals surface area contributed by atoms with Gasteiger partial charge in [-0.2, -0.15) is 5.10 Å². The average Bonchev–Trinajstić information content (AvgIpc) is 3.02. The molecule has 0 spiro atoms. The summed E-state index contributed by atoms with van der Waals surface area (Å²) in [5.41, 5.74) is 7.25. The van der Waals surface area contributed by atoms with Gasteiger partial charge in [-0.25, -0.2) is 0 Å². The van der Waals surface area contributed by atoms with E-state index in [1.165, 1.54) is 0 Å². The molecule has 0 unspecified atom stereocenters. The number of hydrogen-bond donors (Lipinski definition) is 2. The van der Waals surface area contributed by atoms with Gasteiger partial charge in [0.15, 0.2) is 0 Å². The molecule has 0 aliphatic carbocycles. The van der Waals surface area contributed by atoms with Crippen LogP contribution in [0.1, 0.15) is 10.4 Å². The van der Waals surface area contributed by atoms with Gasteiger partial charge in [0.2, 0.25) is 0 Å². The van der Waals surface area contributed by atoms with Crippen molar-refractivity contribution in [3.8, 4) is 22.8 Å². The van der Waals surface area contributed by atoms with Crippen molar-refractivity contribution >= 4 is 5.91 Å². The Balaban J connectivity index is 2.13. The second-order valence-corrected chi connectivity index (χ2v) is 4.43. The van der Waals surface area contributed by atoms with Crippen molar-refractivity contribution in [1.29, 1.82) is 0 Å². The molecule has 5 nitrogen and oxygen atoms in total. The van der Waals surface area contributed by atoms with Crippen LogP contribution in [0.25, 0.3) is 11.3 Å².